The van der Waals surface area contributed by atoms with Gasteiger partial charge in [0.2, 0.25) is 0 Å². The average Bonchev–Trinajstić information content (AvgIpc) is 2.27. The van der Waals surface area contributed by atoms with Gasteiger partial charge < -0.3 is 5.32 Å². The van der Waals surface area contributed by atoms with Crippen LogP contribution >= 0.6 is 34.4 Å². The Hall–Kier alpha value is -0.0400. The first-order valence-electron chi connectivity index (χ1n) is 5.41. The topological polar surface area (TPSA) is 37.8 Å². The summed E-state index contributed by atoms with van der Waals surface area (Å²) >= 11 is 4.17. The maximum Gasteiger partial charge on any atom is 0.143 e. The maximum absolute atomic E-state index is 4.64. The fraction of sp³-hybridized carbons (Fsp3) is 0.636. The van der Waals surface area contributed by atoms with Crippen molar-refractivity contribution in [2.45, 2.75) is 32.4 Å². The Kier molecular flexibility index (Phi) is 5.82. The van der Waals surface area contributed by atoms with Crippen molar-refractivity contribution < 1.29 is 0 Å². The Labute approximate surface area is 115 Å². The lowest BCUT2D eigenvalue weighted by atomic mass is 10.1. The molecule has 1 aromatic rings. The van der Waals surface area contributed by atoms with E-state index in [0.29, 0.717) is 5.92 Å². The Morgan fingerprint density at radius 1 is 1.38 bits per heavy atom. The van der Waals surface area contributed by atoms with Crippen LogP contribution in [0.3, 0.4) is 0 Å². The third-order valence-electron chi connectivity index (χ3n) is 2.14. The van der Waals surface area contributed by atoms with E-state index in [2.05, 4.69) is 58.6 Å². The zero-order chi connectivity index (χ0) is 12.1. The fourth-order valence-corrected chi connectivity index (χ4v) is 2.97. The molecule has 0 bridgehead atoms. The molecular weight excluding hydrogens is 333 g/mol. The SMILES string of the molecule is CCSCc1nc(NC)c(I)c(C(C)C)n1. The van der Waals surface area contributed by atoms with E-state index in [9.17, 15) is 0 Å². The van der Waals surface area contributed by atoms with Crippen molar-refractivity contribution in [3.05, 3.63) is 15.1 Å². The first-order chi connectivity index (χ1) is 7.60. The average molecular weight is 351 g/mol. The van der Waals surface area contributed by atoms with E-state index in [4.69, 9.17) is 0 Å². The molecule has 5 heteroatoms. The third-order valence-corrected chi connectivity index (χ3v) is 4.08. The van der Waals surface area contributed by atoms with Gasteiger partial charge in [-0.15, -0.1) is 0 Å². The van der Waals surface area contributed by atoms with Crippen LogP contribution in [0.1, 0.15) is 38.2 Å². The summed E-state index contributed by atoms with van der Waals surface area (Å²) in [5.74, 6) is 4.31. The number of rotatable bonds is 5. The molecule has 0 aromatic carbocycles. The van der Waals surface area contributed by atoms with Gasteiger partial charge in [-0.1, -0.05) is 20.8 Å². The van der Waals surface area contributed by atoms with Crippen molar-refractivity contribution in [3.8, 4) is 0 Å². The summed E-state index contributed by atoms with van der Waals surface area (Å²) < 4.78 is 1.14. The number of halogens is 1. The highest BCUT2D eigenvalue weighted by atomic mass is 127. The molecule has 0 aliphatic heterocycles. The van der Waals surface area contributed by atoms with Crippen LogP contribution in [0.4, 0.5) is 5.82 Å². The lowest BCUT2D eigenvalue weighted by Gasteiger charge is -2.13. The van der Waals surface area contributed by atoms with Crippen LogP contribution in [0.15, 0.2) is 0 Å². The Balaban J connectivity index is 3.07. The summed E-state index contributed by atoms with van der Waals surface area (Å²) in [4.78, 5) is 9.16. The van der Waals surface area contributed by atoms with Crippen LogP contribution in [-0.4, -0.2) is 22.8 Å². The van der Waals surface area contributed by atoms with Gasteiger partial charge in [0.1, 0.15) is 11.6 Å². The van der Waals surface area contributed by atoms with Crippen molar-refractivity contribution in [2.24, 2.45) is 0 Å². The van der Waals surface area contributed by atoms with Gasteiger partial charge in [-0.2, -0.15) is 11.8 Å². The van der Waals surface area contributed by atoms with E-state index in [-0.39, 0.29) is 0 Å². The van der Waals surface area contributed by atoms with Crippen LogP contribution in [-0.2, 0) is 5.75 Å². The molecule has 0 radical (unpaired) electrons. The van der Waals surface area contributed by atoms with Crippen molar-refractivity contribution in [2.75, 3.05) is 18.1 Å². The Morgan fingerprint density at radius 2 is 2.06 bits per heavy atom. The minimum atomic E-state index is 0.437. The van der Waals surface area contributed by atoms with Gasteiger partial charge in [0.25, 0.3) is 0 Å². The Morgan fingerprint density at radius 3 is 2.56 bits per heavy atom. The second-order valence-electron chi connectivity index (χ2n) is 3.73. The second-order valence-corrected chi connectivity index (χ2v) is 6.08. The molecular formula is C11H18IN3S. The van der Waals surface area contributed by atoms with E-state index < -0.39 is 0 Å². The van der Waals surface area contributed by atoms with Gasteiger partial charge in [-0.25, -0.2) is 9.97 Å². The minimum absolute atomic E-state index is 0.437. The lowest BCUT2D eigenvalue weighted by Crippen LogP contribution is -2.08. The zero-order valence-electron chi connectivity index (χ0n) is 10.2. The van der Waals surface area contributed by atoms with Crippen molar-refractivity contribution in [1.29, 1.82) is 0 Å². The van der Waals surface area contributed by atoms with Crippen LogP contribution < -0.4 is 5.32 Å². The van der Waals surface area contributed by atoms with Crippen molar-refractivity contribution in [1.82, 2.24) is 9.97 Å². The fourth-order valence-electron chi connectivity index (χ4n) is 1.32. The largest absolute Gasteiger partial charge is 0.372 e. The quantitative estimate of drug-likeness (QED) is 0.824. The summed E-state index contributed by atoms with van der Waals surface area (Å²) in [7, 11) is 1.91. The number of aromatic nitrogens is 2. The van der Waals surface area contributed by atoms with E-state index in [1.54, 1.807) is 0 Å². The predicted molar refractivity (Wildman–Crippen MR) is 80.2 cm³/mol. The molecule has 0 aliphatic rings. The number of thioether (sulfide) groups is 1. The van der Waals surface area contributed by atoms with Gasteiger partial charge in [0, 0.05) is 7.05 Å². The molecule has 0 fully saturated rings. The second kappa shape index (κ2) is 6.64. The summed E-state index contributed by atoms with van der Waals surface area (Å²) in [5.41, 5.74) is 1.15. The highest BCUT2D eigenvalue weighted by Crippen LogP contribution is 2.25. The first kappa shape index (κ1) is 14.0. The summed E-state index contributed by atoms with van der Waals surface area (Å²) in [5, 5.41) is 3.14. The first-order valence-corrected chi connectivity index (χ1v) is 7.65. The summed E-state index contributed by atoms with van der Waals surface area (Å²) in [6, 6.07) is 0. The van der Waals surface area contributed by atoms with Crippen LogP contribution in [0, 0.1) is 3.57 Å². The van der Waals surface area contributed by atoms with Crippen LogP contribution in [0.2, 0.25) is 0 Å². The van der Waals surface area contributed by atoms with Crippen LogP contribution in [0.25, 0.3) is 0 Å². The van der Waals surface area contributed by atoms with Crippen molar-refractivity contribution in [3.63, 3.8) is 0 Å². The molecule has 90 valence electrons. The number of hydrogen-bond acceptors (Lipinski definition) is 4. The van der Waals surface area contributed by atoms with Gasteiger partial charge >= 0.3 is 0 Å². The van der Waals surface area contributed by atoms with Crippen molar-refractivity contribution >= 4 is 40.2 Å². The molecule has 1 aromatic heterocycles. The van der Waals surface area contributed by atoms with Gasteiger partial charge in [0.15, 0.2) is 0 Å². The molecule has 0 amide bonds. The predicted octanol–water partition coefficient (Wildman–Crippen LogP) is 3.50. The normalized spacial score (nSPS) is 10.9. The highest BCUT2D eigenvalue weighted by molar-refractivity contribution is 14.1. The third kappa shape index (κ3) is 3.48. The molecule has 3 nitrogen and oxygen atoms in total. The lowest BCUT2D eigenvalue weighted by molar-refractivity contribution is 0.792. The molecule has 0 aliphatic carbocycles. The standard InChI is InChI=1S/C11H18IN3S/c1-5-16-6-8-14-10(7(2)3)9(12)11(13-4)15-8/h7H,5-6H2,1-4H3,(H,13,14,15). The summed E-state index contributed by atoms with van der Waals surface area (Å²) in [6.07, 6.45) is 0. The smallest absolute Gasteiger partial charge is 0.143 e. The molecule has 0 unspecified atom stereocenters. The molecule has 1 N–H and O–H groups in total. The molecule has 1 heterocycles. The number of hydrogen-bond donors (Lipinski definition) is 1. The number of nitrogens with one attached hydrogen (secondary N) is 1. The van der Waals surface area contributed by atoms with Gasteiger partial charge in [-0.05, 0) is 34.3 Å². The van der Waals surface area contributed by atoms with E-state index in [1.165, 1.54) is 0 Å². The number of anilines is 1. The maximum atomic E-state index is 4.64. The molecule has 0 atom stereocenters. The highest BCUT2D eigenvalue weighted by Gasteiger charge is 2.13. The number of nitrogens with zero attached hydrogens (tertiary/aromatic N) is 2. The molecule has 16 heavy (non-hydrogen) atoms. The molecule has 1 rings (SSSR count). The van der Waals surface area contributed by atoms with E-state index >= 15 is 0 Å². The van der Waals surface area contributed by atoms with E-state index in [1.807, 2.05) is 18.8 Å². The molecule has 0 saturated heterocycles. The minimum Gasteiger partial charge on any atom is -0.372 e. The molecule has 0 spiro atoms. The Bertz CT molecular complexity index is 355. The van der Waals surface area contributed by atoms with E-state index in [0.717, 1.165) is 32.4 Å². The summed E-state index contributed by atoms with van der Waals surface area (Å²) in [6.45, 7) is 6.49. The van der Waals surface area contributed by atoms with Gasteiger partial charge in [-0.3, -0.25) is 0 Å². The van der Waals surface area contributed by atoms with Crippen LogP contribution in [0.5, 0.6) is 0 Å². The monoisotopic (exact) mass is 351 g/mol. The zero-order valence-corrected chi connectivity index (χ0v) is 13.1. The molecule has 0 saturated carbocycles. The van der Waals surface area contributed by atoms with Gasteiger partial charge in [0.05, 0.1) is 15.0 Å².